The molecule has 1 aromatic rings. The van der Waals surface area contributed by atoms with Crippen molar-refractivity contribution >= 4 is 5.97 Å². The quantitative estimate of drug-likeness (QED) is 0.102. The molecule has 332 valence electrons. The first-order valence-corrected chi connectivity index (χ1v) is 22.3. The molecular weight excluding hydrogens is 755 g/mol. The Morgan fingerprint density at radius 1 is 0.898 bits per heavy atom. The summed E-state index contributed by atoms with van der Waals surface area (Å²) in [5, 5.41) is 78.8. The molecule has 6 aliphatic rings. The average Bonchev–Trinajstić information content (AvgIpc) is 3.21. The fourth-order valence-electron chi connectivity index (χ4n) is 14.3. The number of aliphatic hydroxyl groups is 6. The summed E-state index contributed by atoms with van der Waals surface area (Å²) in [4.78, 5) is 13.4. The van der Waals surface area contributed by atoms with E-state index in [1.54, 1.807) is 0 Å². The Hall–Kier alpha value is -1.97. The smallest absolute Gasteiger partial charge is 0.310 e. The Kier molecular flexibility index (Phi) is 12.7. The van der Waals surface area contributed by atoms with Gasteiger partial charge in [0.2, 0.25) is 0 Å². The molecule has 1 aromatic carbocycles. The molecule has 16 unspecified atom stereocenters. The number of carboxylic acids is 1. The van der Waals surface area contributed by atoms with E-state index in [1.165, 1.54) is 5.57 Å². The normalized spacial score (nSPS) is 46.9. The van der Waals surface area contributed by atoms with E-state index < -0.39 is 59.0 Å². The Balaban J connectivity index is 1.32. The topological polar surface area (TPSA) is 198 Å². The number of hydrogen-bond donors (Lipinski definition) is 8. The molecule has 5 fully saturated rings. The molecule has 12 nitrogen and oxygen atoms in total. The first kappa shape index (κ1) is 45.1. The molecule has 4 saturated carbocycles. The van der Waals surface area contributed by atoms with E-state index in [0.29, 0.717) is 38.5 Å². The van der Waals surface area contributed by atoms with Crippen LogP contribution in [0.2, 0.25) is 0 Å². The molecule has 12 heteroatoms. The van der Waals surface area contributed by atoms with Crippen LogP contribution < -0.4 is 5.32 Å². The van der Waals surface area contributed by atoms with Crippen LogP contribution in [0.15, 0.2) is 35.9 Å². The van der Waals surface area contributed by atoms with Crippen molar-refractivity contribution in [1.82, 2.24) is 5.32 Å². The van der Waals surface area contributed by atoms with Gasteiger partial charge in [-0.05, 0) is 128 Å². The molecule has 0 amide bonds. The fraction of sp³-hybridized carbons (Fsp3) is 0.809. The third kappa shape index (κ3) is 7.27. The highest BCUT2D eigenvalue weighted by Gasteiger charge is 2.72. The van der Waals surface area contributed by atoms with Gasteiger partial charge in [-0.25, -0.2) is 0 Å². The lowest BCUT2D eigenvalue weighted by atomic mass is 9.32. The maximum absolute atomic E-state index is 13.4. The van der Waals surface area contributed by atoms with Crippen LogP contribution in [0.5, 0.6) is 0 Å². The second kappa shape index (κ2) is 16.6. The van der Waals surface area contributed by atoms with Gasteiger partial charge in [0.25, 0.3) is 0 Å². The van der Waals surface area contributed by atoms with Crippen LogP contribution in [0.25, 0.3) is 0 Å². The monoisotopic (exact) mass is 828 g/mol. The number of benzene rings is 1. The van der Waals surface area contributed by atoms with Crippen molar-refractivity contribution in [2.24, 2.45) is 56.2 Å². The van der Waals surface area contributed by atoms with Crippen molar-refractivity contribution in [2.75, 3.05) is 33.5 Å². The summed E-state index contributed by atoms with van der Waals surface area (Å²) >= 11 is 0. The standard InChI is InChI=1S/C47H73NO11/c1-42(26-50)15-17-47(41(55)56)18-16-45(4)31(32(47)21-42)20-30(8-7-19-49)38-43(2)22-34(57-24-29-11-9-28(10-12-29)23-48-6)39(59-40-37(54)36(53)33(52)25-58-40)44(3,27-51)35(43)13-14-46(38,45)5/h9-12,20,30,32-40,48-54H,7-8,13-19,21-27H2,1-6H3,(H,55,56). The molecule has 0 spiro atoms. The summed E-state index contributed by atoms with van der Waals surface area (Å²) in [6.45, 7) is 12.0. The first-order valence-electron chi connectivity index (χ1n) is 22.3. The Labute approximate surface area is 350 Å². The van der Waals surface area contributed by atoms with Crippen molar-refractivity contribution < 1.29 is 54.8 Å². The predicted octanol–water partition coefficient (Wildman–Crippen LogP) is 4.56. The number of carbonyl (C=O) groups is 1. The number of fused-ring (bicyclic) bond motifs is 7. The lowest BCUT2D eigenvalue weighted by Gasteiger charge is -2.73. The fourth-order valence-corrected chi connectivity index (χ4v) is 14.3. The Morgan fingerprint density at radius 2 is 1.59 bits per heavy atom. The second-order valence-corrected chi connectivity index (χ2v) is 21.0. The number of carboxylic acid groups (broad SMARTS) is 1. The van der Waals surface area contributed by atoms with Crippen LogP contribution in [0.3, 0.4) is 0 Å². The predicted molar refractivity (Wildman–Crippen MR) is 220 cm³/mol. The SMILES string of the molecule is CNCc1ccc(COC2CC3(C)C(CCC4(C)C3C(CCCO)C=C3C5CC(C)(CO)CCC5(C(=O)O)CCC34C)C(C)(CO)C2OC2OCC(O)C(O)C2O)cc1. The molecule has 1 saturated heterocycles. The molecule has 1 heterocycles. The van der Waals surface area contributed by atoms with E-state index >= 15 is 0 Å². The molecule has 16 atom stereocenters. The van der Waals surface area contributed by atoms with Crippen molar-refractivity contribution in [1.29, 1.82) is 0 Å². The highest BCUT2D eigenvalue weighted by Crippen LogP contribution is 2.77. The van der Waals surface area contributed by atoms with Crippen LogP contribution in [0.1, 0.15) is 110 Å². The minimum absolute atomic E-state index is 0.0100. The largest absolute Gasteiger partial charge is 0.481 e. The van der Waals surface area contributed by atoms with Crippen LogP contribution in [0.4, 0.5) is 0 Å². The van der Waals surface area contributed by atoms with Gasteiger partial charge in [0.1, 0.15) is 18.3 Å². The molecule has 1 aliphatic heterocycles. The van der Waals surface area contributed by atoms with Gasteiger partial charge < -0.3 is 55.3 Å². The van der Waals surface area contributed by atoms with Gasteiger partial charge in [0.15, 0.2) is 6.29 Å². The molecular formula is C47H73NO11. The number of hydrogen-bond acceptors (Lipinski definition) is 11. The number of nitrogens with one attached hydrogen (secondary N) is 1. The third-order valence-electron chi connectivity index (χ3n) is 17.7. The minimum Gasteiger partial charge on any atom is -0.481 e. The summed E-state index contributed by atoms with van der Waals surface area (Å²) in [6, 6.07) is 8.25. The average molecular weight is 828 g/mol. The van der Waals surface area contributed by atoms with Gasteiger partial charge in [-0.15, -0.1) is 0 Å². The number of allylic oxidation sites excluding steroid dienone is 2. The molecule has 0 bridgehead atoms. The van der Waals surface area contributed by atoms with Gasteiger partial charge in [-0.1, -0.05) is 70.5 Å². The van der Waals surface area contributed by atoms with Crippen LogP contribution in [0, 0.1) is 56.2 Å². The number of aliphatic carboxylic acids is 1. The minimum atomic E-state index is -1.51. The van der Waals surface area contributed by atoms with Gasteiger partial charge in [0.05, 0.1) is 37.4 Å². The molecule has 8 N–H and O–H groups in total. The molecule has 0 radical (unpaired) electrons. The zero-order valence-corrected chi connectivity index (χ0v) is 36.2. The summed E-state index contributed by atoms with van der Waals surface area (Å²) < 4.78 is 19.6. The summed E-state index contributed by atoms with van der Waals surface area (Å²) in [7, 11) is 1.91. The van der Waals surface area contributed by atoms with E-state index in [1.807, 2.05) is 7.05 Å². The van der Waals surface area contributed by atoms with Gasteiger partial charge >= 0.3 is 5.97 Å². The Morgan fingerprint density at radius 3 is 2.24 bits per heavy atom. The third-order valence-corrected chi connectivity index (χ3v) is 17.7. The molecule has 7 rings (SSSR count). The zero-order chi connectivity index (χ0) is 42.8. The highest BCUT2D eigenvalue weighted by atomic mass is 16.7. The molecule has 59 heavy (non-hydrogen) atoms. The second-order valence-electron chi connectivity index (χ2n) is 21.0. The Bertz CT molecular complexity index is 1690. The van der Waals surface area contributed by atoms with E-state index in [2.05, 4.69) is 70.3 Å². The van der Waals surface area contributed by atoms with E-state index in [0.717, 1.165) is 43.4 Å². The van der Waals surface area contributed by atoms with Crippen LogP contribution in [-0.4, -0.2) is 112 Å². The van der Waals surface area contributed by atoms with Crippen molar-refractivity contribution in [3.8, 4) is 0 Å². The number of ether oxygens (including phenoxy) is 3. The highest BCUT2D eigenvalue weighted by molar-refractivity contribution is 5.76. The van der Waals surface area contributed by atoms with Crippen LogP contribution >= 0.6 is 0 Å². The molecule has 5 aliphatic carbocycles. The number of aliphatic hydroxyl groups excluding tert-OH is 6. The lowest BCUT2D eigenvalue weighted by molar-refractivity contribution is -0.334. The summed E-state index contributed by atoms with van der Waals surface area (Å²) in [5.41, 5.74) is 0.195. The molecule has 0 aromatic heterocycles. The maximum Gasteiger partial charge on any atom is 0.310 e. The summed E-state index contributed by atoms with van der Waals surface area (Å²) in [5.74, 6) is -0.919. The van der Waals surface area contributed by atoms with Gasteiger partial charge in [0, 0.05) is 25.2 Å². The maximum atomic E-state index is 13.4. The van der Waals surface area contributed by atoms with Crippen LogP contribution in [-0.2, 0) is 32.2 Å². The van der Waals surface area contributed by atoms with Crippen molar-refractivity contribution in [3.05, 3.63) is 47.0 Å². The van der Waals surface area contributed by atoms with Crippen molar-refractivity contribution in [2.45, 2.75) is 149 Å². The summed E-state index contributed by atoms with van der Waals surface area (Å²) in [6.07, 6.45) is 2.32. The zero-order valence-electron chi connectivity index (χ0n) is 36.2. The van der Waals surface area contributed by atoms with Gasteiger partial charge in [-0.3, -0.25) is 4.79 Å². The first-order chi connectivity index (χ1) is 27.9. The lowest BCUT2D eigenvalue weighted by Crippen LogP contribution is -2.70. The van der Waals surface area contributed by atoms with Crippen molar-refractivity contribution in [3.63, 3.8) is 0 Å². The van der Waals surface area contributed by atoms with E-state index in [9.17, 15) is 40.5 Å². The van der Waals surface area contributed by atoms with E-state index in [4.69, 9.17) is 14.2 Å². The van der Waals surface area contributed by atoms with E-state index in [-0.39, 0.29) is 73.0 Å². The van der Waals surface area contributed by atoms with Gasteiger partial charge in [-0.2, -0.15) is 0 Å². The number of rotatable bonds is 13.